The number of hydrogen-bond acceptors (Lipinski definition) is 5. The summed E-state index contributed by atoms with van der Waals surface area (Å²) in [6, 6.07) is 13.4. The van der Waals surface area contributed by atoms with Gasteiger partial charge in [-0.05, 0) is 44.2 Å². The lowest BCUT2D eigenvalue weighted by molar-refractivity contribution is 0.0748. The average Bonchev–Trinajstić information content (AvgIpc) is 3.48. The van der Waals surface area contributed by atoms with Crippen LogP contribution < -0.4 is 4.90 Å². The molecule has 1 aliphatic rings. The SMILES string of the molecule is CC(C)n1ncc2c(C(=O)N3CCN(c4ccccc4Cl)CC3)cc(-c3ccco3)nc21. The summed E-state index contributed by atoms with van der Waals surface area (Å²) < 4.78 is 7.40. The fraction of sp³-hybridized carbons (Fsp3) is 0.292. The van der Waals surface area contributed by atoms with Gasteiger partial charge in [0.25, 0.3) is 5.91 Å². The molecule has 164 valence electrons. The van der Waals surface area contributed by atoms with Crippen molar-refractivity contribution < 1.29 is 9.21 Å². The average molecular weight is 450 g/mol. The molecular formula is C24H24ClN5O2. The van der Waals surface area contributed by atoms with Gasteiger partial charge in [-0.25, -0.2) is 9.67 Å². The largest absolute Gasteiger partial charge is 0.463 e. The van der Waals surface area contributed by atoms with Gasteiger partial charge in [0.2, 0.25) is 0 Å². The minimum atomic E-state index is -0.0210. The second-order valence-corrected chi connectivity index (χ2v) is 8.59. The van der Waals surface area contributed by atoms with Gasteiger partial charge in [-0.3, -0.25) is 4.79 Å². The number of piperazine rings is 1. The molecule has 32 heavy (non-hydrogen) atoms. The molecule has 4 aromatic rings. The van der Waals surface area contributed by atoms with E-state index in [4.69, 9.17) is 21.0 Å². The fourth-order valence-electron chi connectivity index (χ4n) is 4.15. The highest BCUT2D eigenvalue weighted by Crippen LogP contribution is 2.29. The summed E-state index contributed by atoms with van der Waals surface area (Å²) in [4.78, 5) is 22.5. The number of fused-ring (bicyclic) bond motifs is 1. The van der Waals surface area contributed by atoms with Gasteiger partial charge in [-0.2, -0.15) is 5.10 Å². The van der Waals surface area contributed by atoms with E-state index in [1.165, 1.54) is 0 Å². The van der Waals surface area contributed by atoms with Gasteiger partial charge in [0, 0.05) is 32.2 Å². The number of nitrogens with zero attached hydrogens (tertiary/aromatic N) is 5. The molecule has 5 rings (SSSR count). The van der Waals surface area contributed by atoms with Crippen molar-refractivity contribution >= 4 is 34.2 Å². The Hall–Kier alpha value is -3.32. The molecule has 1 aliphatic heterocycles. The first-order chi connectivity index (χ1) is 15.5. The zero-order valence-corrected chi connectivity index (χ0v) is 18.8. The summed E-state index contributed by atoms with van der Waals surface area (Å²) in [5.41, 5.74) is 2.92. The van der Waals surface area contributed by atoms with E-state index in [9.17, 15) is 4.79 Å². The van der Waals surface area contributed by atoms with E-state index >= 15 is 0 Å². The number of anilines is 1. The standard InChI is InChI=1S/C24H24ClN5O2/c1-16(2)30-23-18(15-26-30)17(14-20(27-23)22-8-5-13-32-22)24(31)29-11-9-28(10-12-29)21-7-4-3-6-19(21)25/h3-8,13-16H,9-12H2,1-2H3. The fourth-order valence-corrected chi connectivity index (χ4v) is 4.41. The first-order valence-electron chi connectivity index (χ1n) is 10.7. The molecule has 0 unspecified atom stereocenters. The Bertz CT molecular complexity index is 1260. The third-order valence-electron chi connectivity index (χ3n) is 5.82. The van der Waals surface area contributed by atoms with Crippen LogP contribution in [0.3, 0.4) is 0 Å². The lowest BCUT2D eigenvalue weighted by Crippen LogP contribution is -2.49. The molecule has 0 radical (unpaired) electrons. The van der Waals surface area contributed by atoms with Gasteiger partial charge in [0.1, 0.15) is 5.69 Å². The van der Waals surface area contributed by atoms with Crippen LogP contribution in [-0.2, 0) is 0 Å². The molecule has 1 aromatic carbocycles. The number of hydrogen-bond donors (Lipinski definition) is 0. The maximum atomic E-state index is 13.6. The zero-order valence-electron chi connectivity index (χ0n) is 18.0. The van der Waals surface area contributed by atoms with Gasteiger partial charge in [0.15, 0.2) is 11.4 Å². The summed E-state index contributed by atoms with van der Waals surface area (Å²) in [5, 5.41) is 5.98. The second kappa shape index (κ2) is 8.31. The van der Waals surface area contributed by atoms with Crippen molar-refractivity contribution in [3.63, 3.8) is 0 Å². The second-order valence-electron chi connectivity index (χ2n) is 8.18. The zero-order chi connectivity index (χ0) is 22.2. The van der Waals surface area contributed by atoms with Crippen LogP contribution in [0.1, 0.15) is 30.2 Å². The number of carbonyl (C=O) groups excluding carboxylic acids is 1. The van der Waals surface area contributed by atoms with Crippen molar-refractivity contribution in [1.82, 2.24) is 19.7 Å². The highest BCUT2D eigenvalue weighted by Gasteiger charge is 2.26. The smallest absolute Gasteiger partial charge is 0.254 e. The van der Waals surface area contributed by atoms with Crippen LogP contribution in [0, 0.1) is 0 Å². The molecule has 0 atom stereocenters. The Balaban J connectivity index is 1.46. The first kappa shape index (κ1) is 20.6. The maximum absolute atomic E-state index is 13.6. The van der Waals surface area contributed by atoms with Crippen LogP contribution in [-0.4, -0.2) is 51.8 Å². The molecule has 1 fully saturated rings. The van der Waals surface area contributed by atoms with Crippen molar-refractivity contribution in [2.45, 2.75) is 19.9 Å². The molecular weight excluding hydrogens is 426 g/mol. The number of carbonyl (C=O) groups is 1. The minimum absolute atomic E-state index is 0.0210. The van der Waals surface area contributed by atoms with Gasteiger partial charge in [-0.15, -0.1) is 0 Å². The monoisotopic (exact) mass is 449 g/mol. The number of furan rings is 1. The topological polar surface area (TPSA) is 67.4 Å². The van der Waals surface area contributed by atoms with Crippen LogP contribution in [0.2, 0.25) is 5.02 Å². The summed E-state index contributed by atoms with van der Waals surface area (Å²) in [7, 11) is 0. The predicted octanol–water partition coefficient (Wildman–Crippen LogP) is 4.89. The number of halogens is 1. The van der Waals surface area contributed by atoms with Crippen molar-refractivity contribution in [2.24, 2.45) is 0 Å². The van der Waals surface area contributed by atoms with Crippen molar-refractivity contribution in [1.29, 1.82) is 0 Å². The molecule has 1 amide bonds. The van der Waals surface area contributed by atoms with Crippen LogP contribution >= 0.6 is 11.6 Å². The lowest BCUT2D eigenvalue weighted by atomic mass is 10.1. The Labute approximate surface area is 191 Å². The Morgan fingerprint density at radius 3 is 2.56 bits per heavy atom. The minimum Gasteiger partial charge on any atom is -0.463 e. The molecule has 0 saturated carbocycles. The van der Waals surface area contributed by atoms with Crippen molar-refractivity contribution in [3.8, 4) is 11.5 Å². The number of benzene rings is 1. The highest BCUT2D eigenvalue weighted by atomic mass is 35.5. The Kier molecular flexibility index (Phi) is 5.35. The predicted molar refractivity (Wildman–Crippen MR) is 125 cm³/mol. The van der Waals surface area contributed by atoms with Crippen LogP contribution in [0.4, 0.5) is 5.69 Å². The van der Waals surface area contributed by atoms with Crippen molar-refractivity contribution in [3.05, 3.63) is 65.5 Å². The van der Waals surface area contributed by atoms with E-state index in [-0.39, 0.29) is 11.9 Å². The number of rotatable bonds is 4. The highest BCUT2D eigenvalue weighted by molar-refractivity contribution is 6.33. The summed E-state index contributed by atoms with van der Waals surface area (Å²) in [6.07, 6.45) is 3.35. The molecule has 0 bridgehead atoms. The number of amides is 1. The van der Waals surface area contributed by atoms with E-state index in [0.29, 0.717) is 35.8 Å². The van der Waals surface area contributed by atoms with E-state index in [0.717, 1.165) is 29.2 Å². The Morgan fingerprint density at radius 1 is 1.09 bits per heavy atom. The van der Waals surface area contributed by atoms with Crippen molar-refractivity contribution in [2.75, 3.05) is 31.1 Å². The quantitative estimate of drug-likeness (QED) is 0.444. The number of para-hydroxylation sites is 1. The van der Waals surface area contributed by atoms with E-state index in [1.807, 2.05) is 65.9 Å². The summed E-state index contributed by atoms with van der Waals surface area (Å²) >= 11 is 6.36. The Morgan fingerprint density at radius 2 is 1.88 bits per heavy atom. The van der Waals surface area contributed by atoms with Gasteiger partial charge in [-0.1, -0.05) is 23.7 Å². The maximum Gasteiger partial charge on any atom is 0.254 e. The van der Waals surface area contributed by atoms with Gasteiger partial charge in [0.05, 0.1) is 34.1 Å². The molecule has 3 aromatic heterocycles. The lowest BCUT2D eigenvalue weighted by Gasteiger charge is -2.36. The third kappa shape index (κ3) is 3.62. The first-order valence-corrected chi connectivity index (χ1v) is 11.1. The van der Waals surface area contributed by atoms with Crippen LogP contribution in [0.15, 0.2) is 59.3 Å². The summed E-state index contributed by atoms with van der Waals surface area (Å²) in [5.74, 6) is 0.605. The van der Waals surface area contributed by atoms with Crippen LogP contribution in [0.25, 0.3) is 22.5 Å². The normalized spacial score (nSPS) is 14.5. The van der Waals surface area contributed by atoms with E-state index in [2.05, 4.69) is 10.00 Å². The summed E-state index contributed by atoms with van der Waals surface area (Å²) in [6.45, 7) is 6.76. The van der Waals surface area contributed by atoms with E-state index in [1.54, 1.807) is 12.5 Å². The molecule has 0 N–H and O–H groups in total. The van der Waals surface area contributed by atoms with E-state index < -0.39 is 0 Å². The molecule has 8 heteroatoms. The molecule has 7 nitrogen and oxygen atoms in total. The van der Waals surface area contributed by atoms with Gasteiger partial charge < -0.3 is 14.2 Å². The molecule has 4 heterocycles. The number of aromatic nitrogens is 3. The molecule has 1 saturated heterocycles. The molecule has 0 spiro atoms. The number of pyridine rings is 1. The van der Waals surface area contributed by atoms with Gasteiger partial charge >= 0.3 is 0 Å². The molecule has 0 aliphatic carbocycles. The van der Waals surface area contributed by atoms with Crippen LogP contribution in [0.5, 0.6) is 0 Å². The third-order valence-corrected chi connectivity index (χ3v) is 6.14.